The number of benzene rings is 2. The van der Waals surface area contributed by atoms with E-state index in [1.807, 2.05) is 65.6 Å². The van der Waals surface area contributed by atoms with Crippen LogP contribution in [0.15, 0.2) is 79.0 Å². The van der Waals surface area contributed by atoms with Crippen LogP contribution in [0.3, 0.4) is 0 Å². The predicted octanol–water partition coefficient (Wildman–Crippen LogP) is 7.61. The molecule has 1 fully saturated rings. The van der Waals surface area contributed by atoms with Gasteiger partial charge in [-0.1, -0.05) is 35.4 Å². The quantitative estimate of drug-likeness (QED) is 0.181. The highest BCUT2D eigenvalue weighted by atomic mass is 35.5. The first-order valence-corrected chi connectivity index (χ1v) is 13.3. The van der Waals surface area contributed by atoms with Crippen molar-refractivity contribution >= 4 is 28.5 Å². The summed E-state index contributed by atoms with van der Waals surface area (Å²) >= 11 is 6.13. The molecule has 0 radical (unpaired) electrons. The Hall–Kier alpha value is -3.57. The van der Waals surface area contributed by atoms with Crippen molar-refractivity contribution in [3.63, 3.8) is 0 Å². The Morgan fingerprint density at radius 1 is 1.05 bits per heavy atom. The van der Waals surface area contributed by atoms with Crippen molar-refractivity contribution in [1.82, 2.24) is 19.9 Å². The lowest BCUT2D eigenvalue weighted by molar-refractivity contribution is 0.0733. The number of carbonyl (C=O) groups is 1. The van der Waals surface area contributed by atoms with E-state index in [1.165, 1.54) is 5.57 Å². The normalized spacial score (nSPS) is 15.3. The SMILES string of the molecule is C=C(C)CCCCc1nc2cc(C(=O)N3CCCC3c3ccccn3)ccc2nc1-c1ccc(Cl)cc1. The predicted molar refractivity (Wildman–Crippen MR) is 150 cm³/mol. The van der Waals surface area contributed by atoms with Gasteiger partial charge in [-0.15, -0.1) is 6.58 Å². The van der Waals surface area contributed by atoms with Crippen LogP contribution in [0.1, 0.15) is 66.8 Å². The van der Waals surface area contributed by atoms with Gasteiger partial charge in [-0.2, -0.15) is 0 Å². The lowest BCUT2D eigenvalue weighted by Crippen LogP contribution is -2.31. The number of unbranched alkanes of at least 4 members (excludes halogenated alkanes) is 1. The zero-order valence-corrected chi connectivity index (χ0v) is 21.9. The Morgan fingerprint density at radius 3 is 2.65 bits per heavy atom. The number of hydrogen-bond acceptors (Lipinski definition) is 4. The molecular formula is C31H31ClN4O. The summed E-state index contributed by atoms with van der Waals surface area (Å²) in [6.45, 7) is 6.81. The number of aryl methyl sites for hydroxylation is 1. The molecule has 4 aromatic rings. The minimum Gasteiger partial charge on any atom is -0.330 e. The molecule has 1 aliphatic rings. The number of pyridine rings is 1. The summed E-state index contributed by atoms with van der Waals surface area (Å²) in [4.78, 5) is 30.1. The van der Waals surface area contributed by atoms with E-state index in [0.29, 0.717) is 10.6 Å². The number of nitrogens with zero attached hydrogens (tertiary/aromatic N) is 4. The van der Waals surface area contributed by atoms with E-state index in [-0.39, 0.29) is 11.9 Å². The second kappa shape index (κ2) is 11.2. The van der Waals surface area contributed by atoms with Crippen molar-refractivity contribution in [3.8, 4) is 11.3 Å². The highest BCUT2D eigenvalue weighted by molar-refractivity contribution is 6.30. The van der Waals surface area contributed by atoms with Gasteiger partial charge in [-0.3, -0.25) is 9.78 Å². The van der Waals surface area contributed by atoms with Gasteiger partial charge >= 0.3 is 0 Å². The molecule has 1 amide bonds. The number of carbonyl (C=O) groups excluding carboxylic acids is 1. The number of halogens is 1. The van der Waals surface area contributed by atoms with Crippen molar-refractivity contribution in [2.45, 2.75) is 51.5 Å². The minimum atomic E-state index is 0.00615. The number of rotatable bonds is 8. The smallest absolute Gasteiger partial charge is 0.254 e. The first-order chi connectivity index (χ1) is 18.0. The number of likely N-dealkylation sites (tertiary alicyclic amines) is 1. The summed E-state index contributed by atoms with van der Waals surface area (Å²) in [5.41, 5.74) is 7.08. The van der Waals surface area contributed by atoms with Crippen LogP contribution in [0, 0.1) is 0 Å². The van der Waals surface area contributed by atoms with E-state index in [4.69, 9.17) is 21.6 Å². The molecular weight excluding hydrogens is 480 g/mol. The van der Waals surface area contributed by atoms with Crippen molar-refractivity contribution in [3.05, 3.63) is 101 Å². The van der Waals surface area contributed by atoms with Crippen LogP contribution >= 0.6 is 11.6 Å². The van der Waals surface area contributed by atoms with E-state index in [0.717, 1.165) is 78.7 Å². The molecule has 0 saturated carbocycles. The average molecular weight is 511 g/mol. The number of fused-ring (bicyclic) bond motifs is 1. The van der Waals surface area contributed by atoms with Crippen LogP contribution in [-0.4, -0.2) is 32.3 Å². The van der Waals surface area contributed by atoms with Gasteiger partial charge in [-0.05, 0) is 87.9 Å². The molecule has 1 atom stereocenters. The average Bonchev–Trinajstić information content (AvgIpc) is 3.41. The molecule has 6 heteroatoms. The van der Waals surface area contributed by atoms with Crippen molar-refractivity contribution in [2.75, 3.05) is 6.54 Å². The molecule has 37 heavy (non-hydrogen) atoms. The maximum absolute atomic E-state index is 13.6. The number of allylic oxidation sites excluding steroid dienone is 1. The highest BCUT2D eigenvalue weighted by Crippen LogP contribution is 2.33. The van der Waals surface area contributed by atoms with Crippen LogP contribution < -0.4 is 0 Å². The molecule has 3 heterocycles. The third kappa shape index (κ3) is 5.72. The largest absolute Gasteiger partial charge is 0.330 e. The summed E-state index contributed by atoms with van der Waals surface area (Å²) in [5.74, 6) is 0.0154. The number of hydrogen-bond donors (Lipinski definition) is 0. The fraction of sp³-hybridized carbons (Fsp3) is 0.290. The first kappa shape index (κ1) is 25.1. The van der Waals surface area contributed by atoms with E-state index in [2.05, 4.69) is 18.5 Å². The number of amides is 1. The third-order valence-electron chi connectivity index (χ3n) is 6.91. The van der Waals surface area contributed by atoms with Gasteiger partial charge in [0.2, 0.25) is 0 Å². The molecule has 2 aromatic heterocycles. The lowest BCUT2D eigenvalue weighted by Gasteiger charge is -2.24. The molecule has 188 valence electrons. The Bertz CT molecular complexity index is 1420. The molecule has 5 rings (SSSR count). The van der Waals surface area contributed by atoms with Crippen LogP contribution in [0.25, 0.3) is 22.3 Å². The maximum atomic E-state index is 13.6. The molecule has 1 saturated heterocycles. The Kier molecular flexibility index (Phi) is 7.61. The number of aromatic nitrogens is 3. The second-order valence-corrected chi connectivity index (χ2v) is 10.2. The fourth-order valence-electron chi connectivity index (χ4n) is 5.01. The Morgan fingerprint density at radius 2 is 1.89 bits per heavy atom. The molecule has 0 aliphatic carbocycles. The summed E-state index contributed by atoms with van der Waals surface area (Å²) in [5, 5.41) is 0.689. The standard InChI is InChI=1S/C31H31ClN4O/c1-21(2)8-3-4-10-27-30(22-12-15-24(32)16-13-22)35-25-17-14-23(20-28(25)34-27)31(37)36-19-7-11-29(36)26-9-5-6-18-33-26/h5-6,9,12-18,20,29H,1,3-4,7-8,10-11,19H2,2H3. The molecule has 0 bridgehead atoms. The molecule has 0 spiro atoms. The van der Waals surface area contributed by atoms with Crippen LogP contribution in [-0.2, 0) is 6.42 Å². The van der Waals surface area contributed by atoms with Gasteiger partial charge in [0.05, 0.1) is 34.2 Å². The van der Waals surface area contributed by atoms with Gasteiger partial charge < -0.3 is 4.90 Å². The third-order valence-corrected chi connectivity index (χ3v) is 7.16. The zero-order chi connectivity index (χ0) is 25.8. The van der Waals surface area contributed by atoms with E-state index >= 15 is 0 Å². The van der Waals surface area contributed by atoms with E-state index in [1.54, 1.807) is 6.20 Å². The van der Waals surface area contributed by atoms with Crippen LogP contribution in [0.5, 0.6) is 0 Å². The van der Waals surface area contributed by atoms with Gasteiger partial charge in [0.1, 0.15) is 0 Å². The van der Waals surface area contributed by atoms with Crippen LogP contribution in [0.2, 0.25) is 5.02 Å². The van der Waals surface area contributed by atoms with Gasteiger partial charge in [0.25, 0.3) is 5.91 Å². The van der Waals surface area contributed by atoms with E-state index < -0.39 is 0 Å². The van der Waals surface area contributed by atoms with Gasteiger partial charge in [-0.25, -0.2) is 9.97 Å². The zero-order valence-electron chi connectivity index (χ0n) is 21.2. The van der Waals surface area contributed by atoms with Crippen molar-refractivity contribution < 1.29 is 4.79 Å². The fourth-order valence-corrected chi connectivity index (χ4v) is 5.14. The molecule has 1 unspecified atom stereocenters. The van der Waals surface area contributed by atoms with Crippen molar-refractivity contribution in [1.29, 1.82) is 0 Å². The highest BCUT2D eigenvalue weighted by Gasteiger charge is 2.31. The molecule has 5 nitrogen and oxygen atoms in total. The maximum Gasteiger partial charge on any atom is 0.254 e. The summed E-state index contributed by atoms with van der Waals surface area (Å²) in [6, 6.07) is 19.3. The van der Waals surface area contributed by atoms with Gasteiger partial charge in [0, 0.05) is 28.9 Å². The lowest BCUT2D eigenvalue weighted by atomic mass is 10.0. The second-order valence-electron chi connectivity index (χ2n) is 9.80. The molecule has 1 aliphatic heterocycles. The van der Waals surface area contributed by atoms with E-state index in [9.17, 15) is 4.79 Å². The monoisotopic (exact) mass is 510 g/mol. The minimum absolute atomic E-state index is 0.00615. The van der Waals surface area contributed by atoms with Crippen LogP contribution in [0.4, 0.5) is 0 Å². The first-order valence-electron chi connectivity index (χ1n) is 12.9. The van der Waals surface area contributed by atoms with Crippen molar-refractivity contribution in [2.24, 2.45) is 0 Å². The summed E-state index contributed by atoms with van der Waals surface area (Å²) < 4.78 is 0. The summed E-state index contributed by atoms with van der Waals surface area (Å²) in [7, 11) is 0. The van der Waals surface area contributed by atoms with Gasteiger partial charge in [0.15, 0.2) is 0 Å². The molecule has 2 aromatic carbocycles. The molecule has 0 N–H and O–H groups in total. The topological polar surface area (TPSA) is 59.0 Å². The summed E-state index contributed by atoms with van der Waals surface area (Å²) in [6.07, 6.45) is 7.54. The Labute approximate surface area is 223 Å². The Balaban J connectivity index is 1.47.